The lowest BCUT2D eigenvalue weighted by Crippen LogP contribution is -2.31. The van der Waals surface area contributed by atoms with Crippen LogP contribution < -0.4 is 5.73 Å². The van der Waals surface area contributed by atoms with Gasteiger partial charge in [0.1, 0.15) is 10.8 Å². The Labute approximate surface area is 117 Å². The SMILES string of the molecule is CN(Cc1cccc(C(N)=S)c1F)C1CCSC1. The summed E-state index contributed by atoms with van der Waals surface area (Å²) in [4.78, 5) is 2.33. The molecule has 0 amide bonds. The van der Waals surface area contributed by atoms with Gasteiger partial charge in [0, 0.05) is 29.5 Å². The van der Waals surface area contributed by atoms with E-state index in [1.807, 2.05) is 24.9 Å². The van der Waals surface area contributed by atoms with Gasteiger partial charge in [-0.2, -0.15) is 11.8 Å². The summed E-state index contributed by atoms with van der Waals surface area (Å²) >= 11 is 6.81. The van der Waals surface area contributed by atoms with Crippen molar-refractivity contribution >= 4 is 29.0 Å². The van der Waals surface area contributed by atoms with Crippen LogP contribution in [-0.4, -0.2) is 34.5 Å². The van der Waals surface area contributed by atoms with Crippen LogP contribution in [0, 0.1) is 5.82 Å². The zero-order valence-electron chi connectivity index (χ0n) is 10.4. The van der Waals surface area contributed by atoms with Gasteiger partial charge < -0.3 is 5.73 Å². The summed E-state index contributed by atoms with van der Waals surface area (Å²) in [6.45, 7) is 0.605. The second-order valence-electron chi connectivity index (χ2n) is 4.58. The van der Waals surface area contributed by atoms with Crippen LogP contribution in [-0.2, 0) is 6.54 Å². The normalized spacial score (nSPS) is 19.4. The summed E-state index contributed by atoms with van der Waals surface area (Å²) < 4.78 is 14.2. The Morgan fingerprint density at radius 3 is 3.00 bits per heavy atom. The minimum Gasteiger partial charge on any atom is -0.389 e. The van der Waals surface area contributed by atoms with Crippen molar-refractivity contribution in [3.8, 4) is 0 Å². The number of nitrogens with two attached hydrogens (primary N) is 1. The van der Waals surface area contributed by atoms with Gasteiger partial charge in [-0.15, -0.1) is 0 Å². The third-order valence-corrected chi connectivity index (χ3v) is 4.66. The van der Waals surface area contributed by atoms with Crippen LogP contribution in [0.4, 0.5) is 4.39 Å². The molecule has 1 atom stereocenters. The van der Waals surface area contributed by atoms with Crippen LogP contribution in [0.1, 0.15) is 17.5 Å². The second kappa shape index (κ2) is 5.99. The minimum absolute atomic E-state index is 0.119. The smallest absolute Gasteiger partial charge is 0.137 e. The largest absolute Gasteiger partial charge is 0.389 e. The van der Waals surface area contributed by atoms with Gasteiger partial charge in [-0.3, -0.25) is 4.90 Å². The maximum absolute atomic E-state index is 14.2. The average molecular weight is 284 g/mol. The Morgan fingerprint density at radius 2 is 2.39 bits per heavy atom. The number of rotatable bonds is 4. The fraction of sp³-hybridized carbons (Fsp3) is 0.462. The molecular formula is C13H17FN2S2. The summed E-state index contributed by atoms with van der Waals surface area (Å²) in [6.07, 6.45) is 1.18. The molecule has 1 saturated heterocycles. The Hall–Kier alpha value is -0.650. The first-order chi connectivity index (χ1) is 8.59. The highest BCUT2D eigenvalue weighted by Crippen LogP contribution is 2.23. The highest BCUT2D eigenvalue weighted by atomic mass is 32.2. The lowest BCUT2D eigenvalue weighted by atomic mass is 10.1. The van der Waals surface area contributed by atoms with E-state index in [2.05, 4.69) is 4.90 Å². The molecule has 18 heavy (non-hydrogen) atoms. The van der Waals surface area contributed by atoms with Crippen molar-refractivity contribution in [2.45, 2.75) is 19.0 Å². The average Bonchev–Trinajstić information content (AvgIpc) is 2.85. The maximum atomic E-state index is 14.2. The topological polar surface area (TPSA) is 29.3 Å². The van der Waals surface area contributed by atoms with Crippen LogP contribution >= 0.6 is 24.0 Å². The van der Waals surface area contributed by atoms with Crippen molar-refractivity contribution in [2.24, 2.45) is 5.73 Å². The van der Waals surface area contributed by atoms with Crippen molar-refractivity contribution in [1.29, 1.82) is 0 Å². The molecule has 0 aromatic heterocycles. The molecule has 1 aromatic rings. The fourth-order valence-electron chi connectivity index (χ4n) is 2.16. The van der Waals surface area contributed by atoms with Gasteiger partial charge in [0.05, 0.1) is 0 Å². The van der Waals surface area contributed by atoms with Gasteiger partial charge in [0.25, 0.3) is 0 Å². The van der Waals surface area contributed by atoms with E-state index in [1.165, 1.54) is 12.2 Å². The zero-order valence-corrected chi connectivity index (χ0v) is 12.0. The summed E-state index contributed by atoms with van der Waals surface area (Å²) in [5, 5.41) is 0. The number of hydrogen-bond donors (Lipinski definition) is 1. The third-order valence-electron chi connectivity index (χ3n) is 3.29. The number of benzene rings is 1. The van der Waals surface area contributed by atoms with E-state index in [1.54, 1.807) is 12.1 Å². The van der Waals surface area contributed by atoms with Gasteiger partial charge in [-0.05, 0) is 25.3 Å². The highest BCUT2D eigenvalue weighted by Gasteiger charge is 2.21. The zero-order chi connectivity index (χ0) is 13.1. The fourth-order valence-corrected chi connectivity index (χ4v) is 3.62. The molecular weight excluding hydrogens is 267 g/mol. The molecule has 1 unspecified atom stereocenters. The lowest BCUT2D eigenvalue weighted by Gasteiger charge is -2.24. The van der Waals surface area contributed by atoms with E-state index in [0.29, 0.717) is 23.7 Å². The maximum Gasteiger partial charge on any atom is 0.137 e. The Bertz CT molecular complexity index is 445. The number of thiocarbonyl (C=S) groups is 1. The molecule has 0 bridgehead atoms. The number of hydrogen-bond acceptors (Lipinski definition) is 3. The molecule has 98 valence electrons. The molecule has 1 heterocycles. The van der Waals surface area contributed by atoms with E-state index in [9.17, 15) is 4.39 Å². The quantitative estimate of drug-likeness (QED) is 0.860. The van der Waals surface area contributed by atoms with Crippen LogP contribution in [0.5, 0.6) is 0 Å². The van der Waals surface area contributed by atoms with Gasteiger partial charge >= 0.3 is 0 Å². The Balaban J connectivity index is 2.13. The Morgan fingerprint density at radius 1 is 1.61 bits per heavy atom. The summed E-state index contributed by atoms with van der Waals surface area (Å²) in [6, 6.07) is 5.79. The summed E-state index contributed by atoms with van der Waals surface area (Å²) in [5.74, 6) is 2.06. The van der Waals surface area contributed by atoms with Gasteiger partial charge in [0.15, 0.2) is 0 Å². The third kappa shape index (κ3) is 3.02. The molecule has 1 aromatic carbocycles. The lowest BCUT2D eigenvalue weighted by molar-refractivity contribution is 0.251. The van der Waals surface area contributed by atoms with Gasteiger partial charge in [-0.25, -0.2) is 4.39 Å². The van der Waals surface area contributed by atoms with Crippen LogP contribution in [0.15, 0.2) is 18.2 Å². The molecule has 2 rings (SSSR count). The van der Waals surface area contributed by atoms with Crippen molar-refractivity contribution in [3.05, 3.63) is 35.1 Å². The molecule has 2 nitrogen and oxygen atoms in total. The monoisotopic (exact) mass is 284 g/mol. The number of nitrogens with zero attached hydrogens (tertiary/aromatic N) is 1. The molecule has 1 aliphatic rings. The molecule has 0 saturated carbocycles. The van der Waals surface area contributed by atoms with Gasteiger partial charge in [0.2, 0.25) is 0 Å². The van der Waals surface area contributed by atoms with Crippen molar-refractivity contribution in [1.82, 2.24) is 4.90 Å². The first kappa shape index (κ1) is 13.8. The predicted molar refractivity (Wildman–Crippen MR) is 79.5 cm³/mol. The highest BCUT2D eigenvalue weighted by molar-refractivity contribution is 7.99. The van der Waals surface area contributed by atoms with E-state index in [4.69, 9.17) is 18.0 Å². The summed E-state index contributed by atoms with van der Waals surface area (Å²) in [7, 11) is 2.05. The number of halogens is 1. The molecule has 0 radical (unpaired) electrons. The van der Waals surface area contributed by atoms with E-state index in [0.717, 1.165) is 5.75 Å². The van der Waals surface area contributed by atoms with Gasteiger partial charge in [-0.1, -0.05) is 24.4 Å². The summed E-state index contributed by atoms with van der Waals surface area (Å²) in [5.41, 5.74) is 6.52. The van der Waals surface area contributed by atoms with Crippen LogP contribution in [0.3, 0.4) is 0 Å². The minimum atomic E-state index is -0.275. The molecule has 1 aliphatic heterocycles. The van der Waals surface area contributed by atoms with Crippen molar-refractivity contribution in [3.63, 3.8) is 0 Å². The van der Waals surface area contributed by atoms with E-state index < -0.39 is 0 Å². The Kier molecular flexibility index (Phi) is 4.59. The van der Waals surface area contributed by atoms with Crippen molar-refractivity contribution in [2.75, 3.05) is 18.6 Å². The molecule has 5 heteroatoms. The standard InChI is InChI=1S/C13H17FN2S2/c1-16(10-5-6-18-8-10)7-9-3-2-4-11(12(9)14)13(15)17/h2-4,10H,5-8H2,1H3,(H2,15,17). The molecule has 0 spiro atoms. The van der Waals surface area contributed by atoms with Crippen LogP contribution in [0.25, 0.3) is 0 Å². The first-order valence-electron chi connectivity index (χ1n) is 5.94. The predicted octanol–water partition coefficient (Wildman–Crippen LogP) is 2.40. The molecule has 0 aliphatic carbocycles. The van der Waals surface area contributed by atoms with E-state index in [-0.39, 0.29) is 10.8 Å². The first-order valence-corrected chi connectivity index (χ1v) is 7.51. The van der Waals surface area contributed by atoms with E-state index >= 15 is 0 Å². The van der Waals surface area contributed by atoms with Crippen molar-refractivity contribution < 1.29 is 4.39 Å². The number of thioether (sulfide) groups is 1. The van der Waals surface area contributed by atoms with Crippen LogP contribution in [0.2, 0.25) is 0 Å². The second-order valence-corrected chi connectivity index (χ2v) is 6.17. The molecule has 2 N–H and O–H groups in total. The molecule has 1 fully saturated rings.